The molecule has 0 saturated heterocycles. The molecule has 0 N–H and O–H groups in total. The van der Waals surface area contributed by atoms with Crippen LogP contribution in [0.2, 0.25) is 0 Å². The van der Waals surface area contributed by atoms with Crippen LogP contribution in [0.3, 0.4) is 0 Å². The predicted octanol–water partition coefficient (Wildman–Crippen LogP) is 15.9. The van der Waals surface area contributed by atoms with Crippen LogP contribution in [0.5, 0.6) is 0 Å². The van der Waals surface area contributed by atoms with E-state index in [1.165, 1.54) is 71.2 Å². The van der Waals surface area contributed by atoms with Gasteiger partial charge in [-0.1, -0.05) is 175 Å². The van der Waals surface area contributed by atoms with Gasteiger partial charge in [0.2, 0.25) is 0 Å². The lowest BCUT2D eigenvalue weighted by atomic mass is 9.94. The Kier molecular flexibility index (Phi) is 8.41. The molecule has 0 spiro atoms. The summed E-state index contributed by atoms with van der Waals surface area (Å²) in [7, 11) is 0. The average molecular weight is 753 g/mol. The summed E-state index contributed by atoms with van der Waals surface area (Å²) in [6.45, 7) is 2.16. The number of hydrogen-bond donors (Lipinski definition) is 0. The van der Waals surface area contributed by atoms with Crippen molar-refractivity contribution >= 4 is 60.4 Å². The Morgan fingerprint density at radius 3 is 1.69 bits per heavy atom. The van der Waals surface area contributed by atoms with E-state index >= 15 is 0 Å². The highest BCUT2D eigenvalue weighted by Gasteiger charge is 2.22. The van der Waals surface area contributed by atoms with Gasteiger partial charge >= 0.3 is 0 Å². The Morgan fingerprint density at radius 2 is 0.915 bits per heavy atom. The van der Waals surface area contributed by atoms with E-state index in [-0.39, 0.29) is 0 Å². The molecule has 0 atom stereocenters. The topological polar surface area (TPSA) is 8.17 Å². The minimum atomic E-state index is 1.08. The fourth-order valence-electron chi connectivity index (χ4n) is 8.88. The van der Waals surface area contributed by atoms with E-state index in [1.807, 2.05) is 0 Å². The number of hydrogen-bond acceptors (Lipinski definition) is 1. The molecule has 0 fully saturated rings. The highest BCUT2D eigenvalue weighted by Crippen LogP contribution is 2.46. The minimum absolute atomic E-state index is 1.08. The van der Waals surface area contributed by atoms with Gasteiger partial charge in [-0.25, -0.2) is 0 Å². The zero-order valence-electron chi connectivity index (χ0n) is 32.8. The molecule has 10 aromatic carbocycles. The average Bonchev–Trinajstić information content (AvgIpc) is 3.63. The first-order chi connectivity index (χ1) is 29.2. The number of aromatic nitrogens is 1. The fraction of sp³-hybridized carbons (Fsp3) is 0.0175. The second kappa shape index (κ2) is 14.4. The van der Waals surface area contributed by atoms with E-state index in [9.17, 15) is 0 Å². The van der Waals surface area contributed by atoms with Gasteiger partial charge in [-0.2, -0.15) is 0 Å². The molecule has 0 saturated carbocycles. The Morgan fingerprint density at radius 1 is 0.339 bits per heavy atom. The Bertz CT molecular complexity index is 3340. The third-order valence-electron chi connectivity index (χ3n) is 11.8. The quantitative estimate of drug-likeness (QED) is 0.157. The lowest BCUT2D eigenvalue weighted by Crippen LogP contribution is -2.12. The Hall–Kier alpha value is -7.68. The molecule has 1 heterocycles. The van der Waals surface area contributed by atoms with Crippen molar-refractivity contribution in [2.75, 3.05) is 4.90 Å². The number of rotatable bonds is 7. The number of nitrogens with zero attached hydrogens (tertiary/aromatic N) is 2. The molecular formula is C57H40N2. The van der Waals surface area contributed by atoms with Gasteiger partial charge in [0.1, 0.15) is 0 Å². The van der Waals surface area contributed by atoms with Gasteiger partial charge in [-0.15, -0.1) is 0 Å². The molecule has 2 nitrogen and oxygen atoms in total. The molecule has 2 heteroatoms. The molecule has 0 aliphatic heterocycles. The van der Waals surface area contributed by atoms with Crippen molar-refractivity contribution in [3.05, 3.63) is 230 Å². The summed E-state index contributed by atoms with van der Waals surface area (Å²) in [5, 5.41) is 7.37. The summed E-state index contributed by atoms with van der Waals surface area (Å²) in [6, 6.07) is 82.1. The minimum Gasteiger partial charge on any atom is -0.310 e. The lowest BCUT2D eigenvalue weighted by molar-refractivity contribution is 1.18. The van der Waals surface area contributed by atoms with E-state index in [1.54, 1.807) is 0 Å². The summed E-state index contributed by atoms with van der Waals surface area (Å²) in [5.41, 5.74) is 15.1. The summed E-state index contributed by atoms with van der Waals surface area (Å²) in [6.07, 6.45) is 0. The first-order valence-electron chi connectivity index (χ1n) is 20.3. The standard InChI is InChI=1S/C57H40N2/c1-39-23-30-48(31-24-39)58(49-32-34-53-52-20-10-12-22-55(52)59(57(53)38-49)54-21-11-9-19-50(54)42-15-3-2-4-16-42)56-37-46(45-27-25-40-13-5-7-17-43(40)35-45)29-33-51(56)47-28-26-41-14-6-8-18-44(41)36-47/h2-38H,1H3. The van der Waals surface area contributed by atoms with Crippen LogP contribution in [0.25, 0.3) is 82.4 Å². The molecule has 0 radical (unpaired) electrons. The zero-order valence-corrected chi connectivity index (χ0v) is 32.8. The van der Waals surface area contributed by atoms with Gasteiger partial charge in [-0.3, -0.25) is 0 Å². The third kappa shape index (κ3) is 6.14. The number of anilines is 3. The van der Waals surface area contributed by atoms with Crippen molar-refractivity contribution in [2.24, 2.45) is 0 Å². The van der Waals surface area contributed by atoms with Crippen molar-refractivity contribution in [3.63, 3.8) is 0 Å². The van der Waals surface area contributed by atoms with Gasteiger partial charge in [0, 0.05) is 33.3 Å². The van der Waals surface area contributed by atoms with Crippen molar-refractivity contribution < 1.29 is 0 Å². The molecule has 0 bridgehead atoms. The number of benzene rings is 10. The SMILES string of the molecule is Cc1ccc(N(c2ccc3c4ccccc4n(-c4ccccc4-c4ccccc4)c3c2)c2cc(-c3ccc4ccccc4c3)ccc2-c2ccc3ccccc3c2)cc1. The molecule has 0 unspecified atom stereocenters. The van der Waals surface area contributed by atoms with Crippen LogP contribution in [0.4, 0.5) is 17.1 Å². The monoisotopic (exact) mass is 752 g/mol. The first kappa shape index (κ1) is 34.6. The van der Waals surface area contributed by atoms with Crippen LogP contribution < -0.4 is 4.90 Å². The van der Waals surface area contributed by atoms with Crippen LogP contribution in [-0.2, 0) is 0 Å². The maximum Gasteiger partial charge on any atom is 0.0562 e. The maximum absolute atomic E-state index is 2.46. The van der Waals surface area contributed by atoms with E-state index < -0.39 is 0 Å². The van der Waals surface area contributed by atoms with Gasteiger partial charge < -0.3 is 9.47 Å². The van der Waals surface area contributed by atoms with E-state index in [4.69, 9.17) is 0 Å². The molecule has 11 aromatic rings. The van der Waals surface area contributed by atoms with Crippen molar-refractivity contribution in [3.8, 4) is 39.1 Å². The van der Waals surface area contributed by atoms with Gasteiger partial charge in [0.15, 0.2) is 0 Å². The highest BCUT2D eigenvalue weighted by atomic mass is 15.1. The summed E-state index contributed by atoms with van der Waals surface area (Å²) < 4.78 is 2.46. The molecule has 0 aliphatic rings. The smallest absolute Gasteiger partial charge is 0.0562 e. The van der Waals surface area contributed by atoms with Crippen LogP contribution in [-0.4, -0.2) is 4.57 Å². The van der Waals surface area contributed by atoms with E-state index in [2.05, 4.69) is 241 Å². The molecule has 59 heavy (non-hydrogen) atoms. The van der Waals surface area contributed by atoms with E-state index in [0.29, 0.717) is 0 Å². The van der Waals surface area contributed by atoms with Crippen LogP contribution in [0, 0.1) is 6.92 Å². The number of fused-ring (bicyclic) bond motifs is 5. The zero-order chi connectivity index (χ0) is 39.3. The molecule has 0 aliphatic carbocycles. The molecule has 278 valence electrons. The van der Waals surface area contributed by atoms with Crippen molar-refractivity contribution in [2.45, 2.75) is 6.92 Å². The van der Waals surface area contributed by atoms with Crippen molar-refractivity contribution in [1.29, 1.82) is 0 Å². The van der Waals surface area contributed by atoms with Crippen LogP contribution in [0.1, 0.15) is 5.56 Å². The lowest BCUT2D eigenvalue weighted by Gasteiger charge is -2.29. The Balaban J connectivity index is 1.19. The predicted molar refractivity (Wildman–Crippen MR) is 252 cm³/mol. The maximum atomic E-state index is 2.46. The third-order valence-corrected chi connectivity index (χ3v) is 11.8. The molecule has 0 amide bonds. The molecule has 11 rings (SSSR count). The van der Waals surface area contributed by atoms with Gasteiger partial charge in [0.25, 0.3) is 0 Å². The normalized spacial score (nSPS) is 11.5. The largest absolute Gasteiger partial charge is 0.310 e. The summed E-state index contributed by atoms with van der Waals surface area (Å²) in [5.74, 6) is 0. The molecular weight excluding hydrogens is 713 g/mol. The second-order valence-electron chi connectivity index (χ2n) is 15.5. The fourth-order valence-corrected chi connectivity index (χ4v) is 8.88. The second-order valence-corrected chi connectivity index (χ2v) is 15.5. The summed E-state index contributed by atoms with van der Waals surface area (Å²) in [4.78, 5) is 2.46. The van der Waals surface area contributed by atoms with Gasteiger partial charge in [0.05, 0.1) is 22.4 Å². The first-order valence-corrected chi connectivity index (χ1v) is 20.3. The number of para-hydroxylation sites is 2. The van der Waals surface area contributed by atoms with Crippen molar-refractivity contribution in [1.82, 2.24) is 4.57 Å². The number of aryl methyl sites for hydroxylation is 1. The van der Waals surface area contributed by atoms with Crippen LogP contribution in [0.15, 0.2) is 224 Å². The van der Waals surface area contributed by atoms with E-state index in [0.717, 1.165) is 33.8 Å². The van der Waals surface area contributed by atoms with Gasteiger partial charge in [-0.05, 0) is 105 Å². The Labute approximate surface area is 344 Å². The molecule has 1 aromatic heterocycles. The highest BCUT2D eigenvalue weighted by molar-refractivity contribution is 6.11. The van der Waals surface area contributed by atoms with Crippen LogP contribution >= 0.6 is 0 Å². The summed E-state index contributed by atoms with van der Waals surface area (Å²) >= 11 is 0.